The molecule has 7 heteroatoms. The van der Waals surface area contributed by atoms with Crippen LogP contribution in [0.4, 0.5) is 13.6 Å². The Morgan fingerprint density at radius 3 is 2.61 bits per heavy atom. The largest absolute Gasteiger partial charge is 0.341 e. The molecular weight excluding hydrogens is 304 g/mol. The Bertz CT molecular complexity index is 589. The van der Waals surface area contributed by atoms with Gasteiger partial charge in [0.1, 0.15) is 11.6 Å². The zero-order valence-corrected chi connectivity index (χ0v) is 13.3. The summed E-state index contributed by atoms with van der Waals surface area (Å²) in [6.45, 7) is 2.94. The summed E-state index contributed by atoms with van der Waals surface area (Å²) < 4.78 is 27.0. The van der Waals surface area contributed by atoms with Gasteiger partial charge in [-0.2, -0.15) is 0 Å². The van der Waals surface area contributed by atoms with Gasteiger partial charge >= 0.3 is 6.03 Å². The first-order valence-corrected chi connectivity index (χ1v) is 7.63. The highest BCUT2D eigenvalue weighted by molar-refractivity contribution is 5.84. The van der Waals surface area contributed by atoms with Gasteiger partial charge in [-0.3, -0.25) is 4.79 Å². The molecule has 5 nitrogen and oxygen atoms in total. The standard InChI is InChI=1S/C16H21F2N3O2/c1-11(13-9-12(17)5-6-14(13)18)20(2)16(23)19-10-15(22)21-7-3-4-8-21/h5-6,9,11H,3-4,7-8,10H2,1-2H3,(H,19,23)/t11-/m0/s1. The van der Waals surface area contributed by atoms with Crippen molar-refractivity contribution in [3.8, 4) is 0 Å². The molecule has 3 amide bonds. The molecular formula is C16H21F2N3O2. The number of amides is 3. The van der Waals surface area contributed by atoms with Gasteiger partial charge in [0.05, 0.1) is 12.6 Å². The zero-order valence-electron chi connectivity index (χ0n) is 13.3. The summed E-state index contributed by atoms with van der Waals surface area (Å²) in [5.41, 5.74) is 0.0912. The number of carbonyl (C=O) groups is 2. The number of nitrogens with zero attached hydrogens (tertiary/aromatic N) is 2. The van der Waals surface area contributed by atoms with Crippen molar-refractivity contribution in [1.82, 2.24) is 15.1 Å². The molecule has 0 bridgehead atoms. The van der Waals surface area contributed by atoms with Crippen molar-refractivity contribution in [2.75, 3.05) is 26.7 Å². The van der Waals surface area contributed by atoms with Gasteiger partial charge in [0, 0.05) is 25.7 Å². The molecule has 1 atom stereocenters. The van der Waals surface area contributed by atoms with E-state index in [1.165, 1.54) is 11.9 Å². The molecule has 1 aromatic rings. The van der Waals surface area contributed by atoms with Crippen molar-refractivity contribution in [3.63, 3.8) is 0 Å². The van der Waals surface area contributed by atoms with E-state index in [1.807, 2.05) is 0 Å². The molecule has 1 aliphatic rings. The van der Waals surface area contributed by atoms with Crippen molar-refractivity contribution in [1.29, 1.82) is 0 Å². The molecule has 23 heavy (non-hydrogen) atoms. The fourth-order valence-electron chi connectivity index (χ4n) is 2.57. The van der Waals surface area contributed by atoms with Crippen LogP contribution in [0, 0.1) is 11.6 Å². The van der Waals surface area contributed by atoms with Crippen LogP contribution in [0.5, 0.6) is 0 Å². The summed E-state index contributed by atoms with van der Waals surface area (Å²) in [5, 5.41) is 2.52. The zero-order chi connectivity index (χ0) is 17.0. The van der Waals surface area contributed by atoms with Gasteiger partial charge in [-0.15, -0.1) is 0 Å². The first-order chi connectivity index (χ1) is 10.9. The monoisotopic (exact) mass is 325 g/mol. The van der Waals surface area contributed by atoms with Gasteiger partial charge < -0.3 is 15.1 Å². The molecule has 0 aliphatic carbocycles. The minimum absolute atomic E-state index is 0.0912. The summed E-state index contributed by atoms with van der Waals surface area (Å²) in [6, 6.07) is 1.96. The van der Waals surface area contributed by atoms with E-state index in [0.29, 0.717) is 0 Å². The number of hydrogen-bond donors (Lipinski definition) is 1. The number of halogens is 2. The topological polar surface area (TPSA) is 52.7 Å². The van der Waals surface area contributed by atoms with Gasteiger partial charge in [-0.1, -0.05) is 0 Å². The molecule has 1 saturated heterocycles. The number of likely N-dealkylation sites (tertiary alicyclic amines) is 1. The minimum Gasteiger partial charge on any atom is -0.341 e. The predicted molar refractivity (Wildman–Crippen MR) is 81.7 cm³/mol. The van der Waals surface area contributed by atoms with E-state index >= 15 is 0 Å². The summed E-state index contributed by atoms with van der Waals surface area (Å²) >= 11 is 0. The molecule has 0 saturated carbocycles. The number of nitrogens with one attached hydrogen (secondary N) is 1. The molecule has 126 valence electrons. The molecule has 2 rings (SSSR count). The minimum atomic E-state index is -0.660. The maximum atomic E-state index is 13.8. The van der Waals surface area contributed by atoms with Gasteiger partial charge in [-0.25, -0.2) is 13.6 Å². The van der Waals surface area contributed by atoms with E-state index in [1.54, 1.807) is 11.8 Å². The van der Waals surface area contributed by atoms with Gasteiger partial charge in [0.2, 0.25) is 5.91 Å². The van der Waals surface area contributed by atoms with Crippen LogP contribution in [-0.2, 0) is 4.79 Å². The number of carbonyl (C=O) groups excluding carboxylic acids is 2. The van der Waals surface area contributed by atoms with Crippen molar-refractivity contribution >= 4 is 11.9 Å². The Labute approximate surface area is 134 Å². The third kappa shape index (κ3) is 4.18. The van der Waals surface area contributed by atoms with Gasteiger partial charge in [0.15, 0.2) is 0 Å². The van der Waals surface area contributed by atoms with Crippen LogP contribution in [0.25, 0.3) is 0 Å². The van der Waals surface area contributed by atoms with E-state index in [9.17, 15) is 18.4 Å². The predicted octanol–water partition coefficient (Wildman–Crippen LogP) is 2.29. The first-order valence-electron chi connectivity index (χ1n) is 7.63. The highest BCUT2D eigenvalue weighted by Crippen LogP contribution is 2.22. The summed E-state index contributed by atoms with van der Waals surface area (Å²) in [5.74, 6) is -1.27. The molecule has 1 heterocycles. The summed E-state index contributed by atoms with van der Waals surface area (Å²) in [6.07, 6.45) is 1.96. The molecule has 1 aliphatic heterocycles. The number of hydrogen-bond acceptors (Lipinski definition) is 2. The summed E-state index contributed by atoms with van der Waals surface area (Å²) in [7, 11) is 1.48. The lowest BCUT2D eigenvalue weighted by Crippen LogP contribution is -2.44. The molecule has 0 spiro atoms. The molecule has 1 N–H and O–H groups in total. The average molecular weight is 325 g/mol. The fraction of sp³-hybridized carbons (Fsp3) is 0.500. The van der Waals surface area contributed by atoms with E-state index in [-0.39, 0.29) is 18.0 Å². The Hall–Kier alpha value is -2.18. The highest BCUT2D eigenvalue weighted by Gasteiger charge is 2.23. The van der Waals surface area contributed by atoms with Crippen molar-refractivity contribution in [2.45, 2.75) is 25.8 Å². The second-order valence-electron chi connectivity index (χ2n) is 5.70. The smallest absolute Gasteiger partial charge is 0.318 e. The Morgan fingerprint density at radius 2 is 1.96 bits per heavy atom. The van der Waals surface area contributed by atoms with Gasteiger partial charge in [-0.05, 0) is 38.0 Å². The average Bonchev–Trinajstić information content (AvgIpc) is 3.07. The molecule has 1 aromatic carbocycles. The van der Waals surface area contributed by atoms with Crippen LogP contribution in [0.3, 0.4) is 0 Å². The molecule has 0 radical (unpaired) electrons. The van der Waals surface area contributed by atoms with Crippen LogP contribution in [0.15, 0.2) is 18.2 Å². The van der Waals surface area contributed by atoms with Crippen LogP contribution in [-0.4, -0.2) is 48.4 Å². The maximum Gasteiger partial charge on any atom is 0.318 e. The Kier molecular flexibility index (Phi) is 5.52. The van der Waals surface area contributed by atoms with Crippen LogP contribution >= 0.6 is 0 Å². The van der Waals surface area contributed by atoms with E-state index in [4.69, 9.17) is 0 Å². The lowest BCUT2D eigenvalue weighted by atomic mass is 10.1. The Morgan fingerprint density at radius 1 is 1.30 bits per heavy atom. The number of rotatable bonds is 4. The van der Waals surface area contributed by atoms with Crippen molar-refractivity contribution < 1.29 is 18.4 Å². The van der Waals surface area contributed by atoms with Crippen LogP contribution < -0.4 is 5.32 Å². The van der Waals surface area contributed by atoms with E-state index in [0.717, 1.165) is 44.1 Å². The lowest BCUT2D eigenvalue weighted by molar-refractivity contribution is -0.129. The van der Waals surface area contributed by atoms with Crippen molar-refractivity contribution in [2.24, 2.45) is 0 Å². The third-order valence-corrected chi connectivity index (χ3v) is 4.16. The van der Waals surface area contributed by atoms with E-state index in [2.05, 4.69) is 5.32 Å². The normalized spacial score (nSPS) is 15.4. The maximum absolute atomic E-state index is 13.8. The van der Waals surface area contributed by atoms with E-state index < -0.39 is 23.7 Å². The fourth-order valence-corrected chi connectivity index (χ4v) is 2.57. The number of benzene rings is 1. The van der Waals surface area contributed by atoms with Crippen molar-refractivity contribution in [3.05, 3.63) is 35.4 Å². The highest BCUT2D eigenvalue weighted by atomic mass is 19.1. The third-order valence-electron chi connectivity index (χ3n) is 4.16. The number of urea groups is 1. The van der Waals surface area contributed by atoms with Gasteiger partial charge in [0.25, 0.3) is 0 Å². The van der Waals surface area contributed by atoms with Crippen LogP contribution in [0.1, 0.15) is 31.4 Å². The molecule has 0 aromatic heterocycles. The lowest BCUT2D eigenvalue weighted by Gasteiger charge is -2.26. The molecule has 1 fully saturated rings. The Balaban J connectivity index is 1.93. The summed E-state index contributed by atoms with van der Waals surface area (Å²) in [4.78, 5) is 26.9. The molecule has 0 unspecified atom stereocenters. The second-order valence-corrected chi connectivity index (χ2v) is 5.70. The SMILES string of the molecule is C[C@@H](c1cc(F)ccc1F)N(C)C(=O)NCC(=O)N1CCCC1. The first kappa shape index (κ1) is 17.2. The van der Waals surface area contributed by atoms with Crippen LogP contribution in [0.2, 0.25) is 0 Å². The quantitative estimate of drug-likeness (QED) is 0.923. The second kappa shape index (κ2) is 7.39.